The summed E-state index contributed by atoms with van der Waals surface area (Å²) in [6, 6.07) is 0.0465. The third-order valence-corrected chi connectivity index (χ3v) is 7.76. The summed E-state index contributed by atoms with van der Waals surface area (Å²) in [6.45, 7) is 4.37. The number of fused-ring (bicyclic) bond motifs is 2. The van der Waals surface area contributed by atoms with Crippen LogP contribution in [0.1, 0.15) is 19.4 Å². The number of halogens is 2. The van der Waals surface area contributed by atoms with Crippen LogP contribution in [0.3, 0.4) is 0 Å². The number of carbonyl (C=O) groups is 2. The number of nitrogens with zero attached hydrogens (tertiary/aromatic N) is 8. The predicted molar refractivity (Wildman–Crippen MR) is 140 cm³/mol. The molecule has 2 amide bonds. The average Bonchev–Trinajstić information content (AvgIpc) is 3.74. The number of amides is 2. The minimum atomic E-state index is -2.77. The van der Waals surface area contributed by atoms with Gasteiger partial charge in [-0.05, 0) is 30.8 Å². The number of ether oxygens (including phenoxy) is 1. The number of anilines is 2. The number of morpholine rings is 1. The molecule has 6 rings (SSSR count). The summed E-state index contributed by atoms with van der Waals surface area (Å²) in [6.07, 6.45) is 7.00. The summed E-state index contributed by atoms with van der Waals surface area (Å²) in [4.78, 5) is 42.4. The zero-order chi connectivity index (χ0) is 27.8. The highest BCUT2D eigenvalue weighted by Crippen LogP contribution is 2.38. The number of aromatic nitrogens is 6. The van der Waals surface area contributed by atoms with Crippen LogP contribution in [0.2, 0.25) is 0 Å². The van der Waals surface area contributed by atoms with E-state index < -0.39 is 6.55 Å². The van der Waals surface area contributed by atoms with Gasteiger partial charge in [0.1, 0.15) is 6.33 Å². The average molecular weight is 557 g/mol. The lowest BCUT2D eigenvalue weighted by Crippen LogP contribution is -2.39. The van der Waals surface area contributed by atoms with E-state index in [1.54, 1.807) is 4.57 Å². The Kier molecular flexibility index (Phi) is 7.04. The Morgan fingerprint density at radius 3 is 2.60 bits per heavy atom. The molecule has 3 aliphatic rings. The number of carbonyl (C=O) groups excluding carboxylic acids is 2. The van der Waals surface area contributed by atoms with E-state index in [1.165, 1.54) is 24.8 Å². The molecule has 3 aromatic rings. The van der Waals surface area contributed by atoms with Crippen molar-refractivity contribution in [3.05, 3.63) is 31.4 Å². The Labute approximate surface area is 228 Å². The van der Waals surface area contributed by atoms with Crippen LogP contribution in [0.4, 0.5) is 20.5 Å². The SMILES string of the molecule is C=CC(=O)N1CC2CC(NC(=O)CNc3nc(N4CCOCC4)nc4c3ncn4-c3cnn(C(F)F)c3)CC2C1. The number of hydrogen-bond acceptors (Lipinski definition) is 9. The fourth-order valence-electron chi connectivity index (χ4n) is 5.83. The molecule has 2 aliphatic heterocycles. The van der Waals surface area contributed by atoms with Crippen LogP contribution in [0.15, 0.2) is 31.4 Å². The molecular weight excluding hydrogens is 526 g/mol. The van der Waals surface area contributed by atoms with Gasteiger partial charge in [0.15, 0.2) is 17.0 Å². The van der Waals surface area contributed by atoms with Crippen molar-refractivity contribution in [2.75, 3.05) is 56.2 Å². The van der Waals surface area contributed by atoms with Gasteiger partial charge in [-0.25, -0.2) is 9.67 Å². The molecule has 2 atom stereocenters. The number of rotatable bonds is 8. The Morgan fingerprint density at radius 2 is 1.93 bits per heavy atom. The number of alkyl halides is 2. The van der Waals surface area contributed by atoms with Crippen molar-refractivity contribution in [1.29, 1.82) is 0 Å². The molecule has 15 heteroatoms. The first kappa shape index (κ1) is 26.1. The van der Waals surface area contributed by atoms with E-state index in [0.29, 0.717) is 84.5 Å². The lowest BCUT2D eigenvalue weighted by atomic mass is 10.0. The smallest absolute Gasteiger partial charge is 0.333 e. The second kappa shape index (κ2) is 10.8. The van der Waals surface area contributed by atoms with Gasteiger partial charge in [-0.1, -0.05) is 6.58 Å². The molecular formula is C25H30F2N10O3. The summed E-state index contributed by atoms with van der Waals surface area (Å²) >= 11 is 0. The molecule has 0 aromatic carbocycles. The van der Waals surface area contributed by atoms with Gasteiger partial charge in [0.25, 0.3) is 0 Å². The standard InChI is InChI=1S/C25H30F2N10O3/c1-2-20(39)35-11-15-7-17(8-16(15)12-35)31-19(38)10-28-22-21-23(33-25(32-22)34-3-5-40-6-4-34)36(14-29-21)18-9-30-37(13-18)24(26)27/h2,9,13-17,24H,1,3-8,10-12H2,(H,31,38)(H,28,32,33). The van der Waals surface area contributed by atoms with Crippen molar-refractivity contribution < 1.29 is 23.1 Å². The van der Waals surface area contributed by atoms with Crippen molar-refractivity contribution in [2.45, 2.75) is 25.4 Å². The Bertz CT molecular complexity index is 1400. The van der Waals surface area contributed by atoms with E-state index in [-0.39, 0.29) is 24.4 Å². The number of nitrogens with one attached hydrogen (secondary N) is 2. The van der Waals surface area contributed by atoms with Crippen LogP contribution in [0.25, 0.3) is 16.9 Å². The first-order valence-corrected chi connectivity index (χ1v) is 13.2. The largest absolute Gasteiger partial charge is 0.378 e. The molecule has 40 heavy (non-hydrogen) atoms. The van der Waals surface area contributed by atoms with Crippen molar-refractivity contribution in [3.63, 3.8) is 0 Å². The van der Waals surface area contributed by atoms with Gasteiger partial charge in [0.05, 0.1) is 37.8 Å². The zero-order valence-electron chi connectivity index (χ0n) is 21.7. The highest BCUT2D eigenvalue weighted by Gasteiger charge is 2.42. The predicted octanol–water partition coefficient (Wildman–Crippen LogP) is 1.19. The molecule has 0 spiro atoms. The van der Waals surface area contributed by atoms with E-state index in [0.717, 1.165) is 12.8 Å². The van der Waals surface area contributed by atoms with E-state index in [2.05, 4.69) is 37.3 Å². The van der Waals surface area contributed by atoms with Gasteiger partial charge in [-0.2, -0.15) is 23.8 Å². The lowest BCUT2D eigenvalue weighted by molar-refractivity contribution is -0.125. The summed E-state index contributed by atoms with van der Waals surface area (Å²) in [5.41, 5.74) is 1.17. The Balaban J connectivity index is 1.17. The Morgan fingerprint density at radius 1 is 1.18 bits per heavy atom. The molecule has 2 unspecified atom stereocenters. The second-order valence-electron chi connectivity index (χ2n) is 10.3. The van der Waals surface area contributed by atoms with Gasteiger partial charge in [-0.15, -0.1) is 0 Å². The summed E-state index contributed by atoms with van der Waals surface area (Å²) < 4.78 is 33.8. The molecule has 5 heterocycles. The molecule has 2 saturated heterocycles. The van der Waals surface area contributed by atoms with Crippen LogP contribution >= 0.6 is 0 Å². The van der Waals surface area contributed by atoms with Crippen molar-refractivity contribution >= 4 is 34.7 Å². The molecule has 1 aliphatic carbocycles. The maximum absolute atomic E-state index is 13.1. The second-order valence-corrected chi connectivity index (χ2v) is 10.3. The van der Waals surface area contributed by atoms with Gasteiger partial charge in [0, 0.05) is 32.2 Å². The Hall–Kier alpha value is -4.14. The third-order valence-electron chi connectivity index (χ3n) is 7.76. The van der Waals surface area contributed by atoms with Crippen LogP contribution in [-0.4, -0.2) is 98.0 Å². The molecule has 3 fully saturated rings. The highest BCUT2D eigenvalue weighted by atomic mass is 19.3. The minimum Gasteiger partial charge on any atom is -0.378 e. The van der Waals surface area contributed by atoms with E-state index in [9.17, 15) is 18.4 Å². The van der Waals surface area contributed by atoms with Crippen molar-refractivity contribution in [2.24, 2.45) is 11.8 Å². The maximum Gasteiger partial charge on any atom is 0.333 e. The van der Waals surface area contributed by atoms with Crippen molar-refractivity contribution in [1.82, 2.24) is 39.5 Å². The molecule has 13 nitrogen and oxygen atoms in total. The van der Waals surface area contributed by atoms with Gasteiger partial charge in [0.2, 0.25) is 17.8 Å². The van der Waals surface area contributed by atoms with Crippen LogP contribution in [0, 0.1) is 11.8 Å². The normalized spacial score (nSPS) is 22.6. The third kappa shape index (κ3) is 5.08. The fourth-order valence-corrected chi connectivity index (χ4v) is 5.83. The fraction of sp³-hybridized carbons (Fsp3) is 0.520. The monoisotopic (exact) mass is 556 g/mol. The molecule has 2 N–H and O–H groups in total. The first-order chi connectivity index (χ1) is 19.4. The molecule has 0 bridgehead atoms. The van der Waals surface area contributed by atoms with Gasteiger partial charge < -0.3 is 25.2 Å². The number of imidazole rings is 1. The minimum absolute atomic E-state index is 0.0300. The molecule has 212 valence electrons. The summed E-state index contributed by atoms with van der Waals surface area (Å²) in [7, 11) is 0. The number of hydrogen-bond donors (Lipinski definition) is 2. The topological polar surface area (TPSA) is 135 Å². The summed E-state index contributed by atoms with van der Waals surface area (Å²) in [5, 5.41) is 9.93. The van der Waals surface area contributed by atoms with Crippen LogP contribution in [0.5, 0.6) is 0 Å². The van der Waals surface area contributed by atoms with Crippen molar-refractivity contribution in [3.8, 4) is 5.69 Å². The van der Waals surface area contributed by atoms with E-state index in [4.69, 9.17) is 4.74 Å². The quantitative estimate of drug-likeness (QED) is 0.392. The van der Waals surface area contributed by atoms with Gasteiger partial charge >= 0.3 is 6.55 Å². The first-order valence-electron chi connectivity index (χ1n) is 13.2. The maximum atomic E-state index is 13.1. The molecule has 3 aromatic heterocycles. The lowest BCUT2D eigenvalue weighted by Gasteiger charge is -2.27. The summed E-state index contributed by atoms with van der Waals surface area (Å²) in [5.74, 6) is 1.31. The molecule has 1 saturated carbocycles. The zero-order valence-corrected chi connectivity index (χ0v) is 21.7. The van der Waals surface area contributed by atoms with Gasteiger partial charge in [-0.3, -0.25) is 14.2 Å². The van der Waals surface area contributed by atoms with Crippen LogP contribution < -0.4 is 15.5 Å². The van der Waals surface area contributed by atoms with E-state index >= 15 is 0 Å². The van der Waals surface area contributed by atoms with Crippen LogP contribution in [-0.2, 0) is 14.3 Å². The van der Waals surface area contributed by atoms with E-state index in [1.807, 2.05) is 9.80 Å². The highest BCUT2D eigenvalue weighted by molar-refractivity contribution is 5.89. The molecule has 0 radical (unpaired) electrons. The number of likely N-dealkylation sites (tertiary alicyclic amines) is 1.